The molecule has 5 nitrogen and oxygen atoms in total. The second kappa shape index (κ2) is 6.11. The van der Waals surface area contributed by atoms with Crippen molar-refractivity contribution >= 4 is 27.5 Å². The highest BCUT2D eigenvalue weighted by atomic mass is 35.5. The van der Waals surface area contributed by atoms with E-state index in [9.17, 15) is 13.2 Å². The number of halogens is 1. The Morgan fingerprint density at radius 1 is 1.35 bits per heavy atom. The van der Waals surface area contributed by atoms with E-state index >= 15 is 0 Å². The molecule has 0 saturated carbocycles. The topological polar surface area (TPSA) is 80.5 Å². The molecule has 1 fully saturated rings. The summed E-state index contributed by atoms with van der Waals surface area (Å²) < 4.78 is 22.4. The van der Waals surface area contributed by atoms with Crippen LogP contribution in [0.5, 0.6) is 0 Å². The minimum atomic E-state index is -3.56. The number of carbonyl (C=O) groups is 1. The molecule has 1 aliphatic heterocycles. The lowest BCUT2D eigenvalue weighted by Gasteiger charge is -2.24. The number of sulfonamides is 1. The number of nitrogens with two attached hydrogens (primary N) is 1. The summed E-state index contributed by atoms with van der Waals surface area (Å²) in [6.07, 6.45) is 1.74. The number of carbonyl (C=O) groups excluding carboxylic acids is 1. The molecular weight excluding hydrogens is 300 g/mol. The quantitative estimate of drug-likeness (QED) is 0.905. The van der Waals surface area contributed by atoms with Gasteiger partial charge < -0.3 is 4.90 Å². The normalized spacial score (nSPS) is 19.3. The van der Waals surface area contributed by atoms with Crippen LogP contribution in [0.25, 0.3) is 0 Å². The van der Waals surface area contributed by atoms with Crippen LogP contribution >= 0.6 is 11.6 Å². The molecule has 2 rings (SSSR count). The Labute approximate surface area is 123 Å². The molecule has 1 atom stereocenters. The standard InChI is InChI=1S/C13H17ClN2O3S/c14-11-5-3-10(4-6-11)8-13(17)16-7-1-2-12(16)9-20(15,18)19/h3-6,12H,1-2,7-9H2,(H2,15,18,19). The third kappa shape index (κ3) is 4.19. The van der Waals surface area contributed by atoms with E-state index in [1.165, 1.54) is 0 Å². The fourth-order valence-electron chi connectivity index (χ4n) is 2.48. The maximum absolute atomic E-state index is 12.3. The minimum Gasteiger partial charge on any atom is -0.338 e. The molecule has 7 heteroatoms. The van der Waals surface area contributed by atoms with Gasteiger partial charge in [0.05, 0.1) is 12.2 Å². The van der Waals surface area contributed by atoms with E-state index in [4.69, 9.17) is 16.7 Å². The molecule has 1 aromatic carbocycles. The summed E-state index contributed by atoms with van der Waals surface area (Å²) in [6, 6.07) is 6.76. The molecule has 1 aliphatic rings. The molecule has 2 N–H and O–H groups in total. The smallest absolute Gasteiger partial charge is 0.227 e. The number of primary sulfonamides is 1. The van der Waals surface area contributed by atoms with Crippen molar-refractivity contribution in [1.29, 1.82) is 0 Å². The van der Waals surface area contributed by atoms with Gasteiger partial charge in [-0.1, -0.05) is 23.7 Å². The van der Waals surface area contributed by atoms with Crippen molar-refractivity contribution in [2.24, 2.45) is 5.14 Å². The van der Waals surface area contributed by atoms with E-state index < -0.39 is 10.0 Å². The average molecular weight is 317 g/mol. The predicted molar refractivity (Wildman–Crippen MR) is 77.9 cm³/mol. The van der Waals surface area contributed by atoms with Crippen molar-refractivity contribution < 1.29 is 13.2 Å². The van der Waals surface area contributed by atoms with Crippen LogP contribution in [0.1, 0.15) is 18.4 Å². The summed E-state index contributed by atoms with van der Waals surface area (Å²) in [5.41, 5.74) is 0.862. The summed E-state index contributed by atoms with van der Waals surface area (Å²) >= 11 is 5.80. The van der Waals surface area contributed by atoms with Crippen molar-refractivity contribution in [2.45, 2.75) is 25.3 Å². The lowest BCUT2D eigenvalue weighted by atomic mass is 10.1. The van der Waals surface area contributed by atoms with Gasteiger partial charge in [-0.3, -0.25) is 4.79 Å². The predicted octanol–water partition coefficient (Wildman–Crippen LogP) is 1.16. The van der Waals surface area contributed by atoms with Crippen LogP contribution in [0.3, 0.4) is 0 Å². The van der Waals surface area contributed by atoms with Gasteiger partial charge >= 0.3 is 0 Å². The van der Waals surface area contributed by atoms with E-state index in [1.54, 1.807) is 29.2 Å². The molecule has 20 heavy (non-hydrogen) atoms. The van der Waals surface area contributed by atoms with Crippen molar-refractivity contribution in [2.75, 3.05) is 12.3 Å². The number of likely N-dealkylation sites (tertiary alicyclic amines) is 1. The zero-order valence-electron chi connectivity index (χ0n) is 11.0. The summed E-state index contributed by atoms with van der Waals surface area (Å²) in [5, 5.41) is 5.69. The van der Waals surface area contributed by atoms with Gasteiger partial charge in [-0.05, 0) is 30.5 Å². The Kier molecular flexibility index (Phi) is 4.67. The summed E-state index contributed by atoms with van der Waals surface area (Å²) in [7, 11) is -3.56. The first-order chi connectivity index (χ1) is 9.35. The average Bonchev–Trinajstić information content (AvgIpc) is 2.78. The third-order valence-electron chi connectivity index (χ3n) is 3.39. The maximum Gasteiger partial charge on any atom is 0.227 e. The van der Waals surface area contributed by atoms with Gasteiger partial charge in [0.25, 0.3) is 0 Å². The number of hydrogen-bond donors (Lipinski definition) is 1. The van der Waals surface area contributed by atoms with Crippen molar-refractivity contribution in [3.8, 4) is 0 Å². The highest BCUT2D eigenvalue weighted by Gasteiger charge is 2.31. The van der Waals surface area contributed by atoms with Crippen LogP contribution < -0.4 is 5.14 Å². The Bertz CT molecular complexity index is 586. The molecule has 110 valence electrons. The second-order valence-electron chi connectivity index (χ2n) is 5.02. The van der Waals surface area contributed by atoms with E-state index in [1.807, 2.05) is 0 Å². The van der Waals surface area contributed by atoms with Gasteiger partial charge in [0.15, 0.2) is 0 Å². The fourth-order valence-corrected chi connectivity index (χ4v) is 3.49. The molecular formula is C13H17ClN2O3S. The monoisotopic (exact) mass is 316 g/mol. The maximum atomic E-state index is 12.3. The molecule has 0 aliphatic carbocycles. The molecule has 1 heterocycles. The summed E-state index contributed by atoms with van der Waals surface area (Å²) in [4.78, 5) is 13.9. The van der Waals surface area contributed by atoms with E-state index in [-0.39, 0.29) is 24.1 Å². The zero-order valence-corrected chi connectivity index (χ0v) is 12.5. The summed E-state index contributed by atoms with van der Waals surface area (Å²) in [6.45, 7) is 0.590. The van der Waals surface area contributed by atoms with E-state index in [2.05, 4.69) is 0 Å². The first-order valence-corrected chi connectivity index (χ1v) is 8.49. The van der Waals surface area contributed by atoms with Crippen LogP contribution in [-0.2, 0) is 21.2 Å². The van der Waals surface area contributed by atoms with Crippen LogP contribution in [0.15, 0.2) is 24.3 Å². The Morgan fingerprint density at radius 3 is 2.60 bits per heavy atom. The molecule has 1 saturated heterocycles. The van der Waals surface area contributed by atoms with Crippen molar-refractivity contribution in [1.82, 2.24) is 4.90 Å². The molecule has 1 aromatic rings. The van der Waals surface area contributed by atoms with Crippen LogP contribution in [0, 0.1) is 0 Å². The van der Waals surface area contributed by atoms with E-state index in [0.717, 1.165) is 12.0 Å². The third-order valence-corrected chi connectivity index (χ3v) is 4.49. The van der Waals surface area contributed by atoms with Crippen LogP contribution in [-0.4, -0.2) is 37.6 Å². The largest absolute Gasteiger partial charge is 0.338 e. The number of rotatable bonds is 4. The highest BCUT2D eigenvalue weighted by molar-refractivity contribution is 7.89. The summed E-state index contributed by atoms with van der Waals surface area (Å²) in [5.74, 6) is -0.238. The SMILES string of the molecule is NS(=O)(=O)CC1CCCN1C(=O)Cc1ccc(Cl)cc1. The molecule has 0 bridgehead atoms. The van der Waals surface area contributed by atoms with Gasteiger partial charge in [-0.2, -0.15) is 0 Å². The van der Waals surface area contributed by atoms with Crippen molar-refractivity contribution in [3.05, 3.63) is 34.9 Å². The number of amides is 1. The second-order valence-corrected chi connectivity index (χ2v) is 7.11. The Morgan fingerprint density at radius 2 is 2.00 bits per heavy atom. The van der Waals surface area contributed by atoms with Crippen LogP contribution in [0.2, 0.25) is 5.02 Å². The lowest BCUT2D eigenvalue weighted by molar-refractivity contribution is -0.130. The van der Waals surface area contributed by atoms with Crippen molar-refractivity contribution in [3.63, 3.8) is 0 Å². The molecule has 0 aromatic heterocycles. The van der Waals surface area contributed by atoms with E-state index in [0.29, 0.717) is 18.0 Å². The van der Waals surface area contributed by atoms with Gasteiger partial charge in [0, 0.05) is 17.6 Å². The number of benzene rings is 1. The Hall–Kier alpha value is -1.11. The lowest BCUT2D eigenvalue weighted by Crippen LogP contribution is -2.41. The van der Waals surface area contributed by atoms with Gasteiger partial charge in [0.2, 0.25) is 15.9 Å². The van der Waals surface area contributed by atoms with Crippen LogP contribution in [0.4, 0.5) is 0 Å². The molecule has 1 amide bonds. The molecule has 0 radical (unpaired) electrons. The number of hydrogen-bond acceptors (Lipinski definition) is 3. The first-order valence-electron chi connectivity index (χ1n) is 6.39. The molecule has 0 spiro atoms. The first kappa shape index (κ1) is 15.3. The molecule has 1 unspecified atom stereocenters. The highest BCUT2D eigenvalue weighted by Crippen LogP contribution is 2.20. The fraction of sp³-hybridized carbons (Fsp3) is 0.462. The zero-order chi connectivity index (χ0) is 14.8. The van der Waals surface area contributed by atoms with Gasteiger partial charge in [0.1, 0.15) is 0 Å². The Balaban J connectivity index is 2.02. The number of nitrogens with zero attached hydrogens (tertiary/aromatic N) is 1. The minimum absolute atomic E-state index is 0.0709. The van der Waals surface area contributed by atoms with Gasteiger partial charge in [-0.15, -0.1) is 0 Å². The van der Waals surface area contributed by atoms with Gasteiger partial charge in [-0.25, -0.2) is 13.6 Å².